The second-order valence-electron chi connectivity index (χ2n) is 8.95. The third kappa shape index (κ3) is 6.97. The quantitative estimate of drug-likeness (QED) is 0.408. The van der Waals surface area contributed by atoms with Crippen molar-refractivity contribution in [2.24, 2.45) is 0 Å². The molecule has 1 aromatic heterocycles. The number of likely N-dealkylation sites (tertiary alicyclic amines) is 1. The molecule has 1 aliphatic rings. The van der Waals surface area contributed by atoms with Crippen molar-refractivity contribution in [3.05, 3.63) is 71.4 Å². The van der Waals surface area contributed by atoms with Crippen molar-refractivity contribution in [3.8, 4) is 23.0 Å². The van der Waals surface area contributed by atoms with Crippen molar-refractivity contribution in [2.45, 2.75) is 51.6 Å². The fraction of sp³-hybridized carbons (Fsp3) is 0.370. The zero-order valence-corrected chi connectivity index (χ0v) is 20.4. The first-order valence-electron chi connectivity index (χ1n) is 12.0. The molecule has 0 spiro atoms. The van der Waals surface area contributed by atoms with E-state index in [4.69, 9.17) is 9.47 Å². The van der Waals surface area contributed by atoms with Gasteiger partial charge in [0.05, 0.1) is 0 Å². The van der Waals surface area contributed by atoms with E-state index in [0.717, 1.165) is 35.1 Å². The minimum Gasteiger partial charge on any atom is -0.480 e. The number of aromatic nitrogens is 2. The van der Waals surface area contributed by atoms with Crippen LogP contribution < -0.4 is 9.47 Å². The summed E-state index contributed by atoms with van der Waals surface area (Å²) in [6.07, 6.45) is -1.18. The lowest BCUT2D eigenvalue weighted by molar-refractivity contribution is -0.154. The topological polar surface area (TPSA) is 84.8 Å². The molecule has 37 heavy (non-hydrogen) atoms. The number of hydrogen-bond acceptors (Lipinski definition) is 6. The summed E-state index contributed by atoms with van der Waals surface area (Å²) in [6.45, 7) is 1.11. The average molecular weight is 516 g/mol. The number of hydrogen-bond donors (Lipinski definition) is 1. The van der Waals surface area contributed by atoms with E-state index in [-0.39, 0.29) is 30.6 Å². The number of carboxylic acid groups (broad SMARTS) is 1. The third-order valence-electron chi connectivity index (χ3n) is 6.33. The molecule has 7 nitrogen and oxygen atoms in total. The van der Waals surface area contributed by atoms with Crippen molar-refractivity contribution >= 4 is 5.97 Å². The summed E-state index contributed by atoms with van der Waals surface area (Å²) in [5, 5.41) is 9.53. The molecule has 4 rings (SSSR count). The predicted octanol–water partition coefficient (Wildman–Crippen LogP) is 5.41. The highest BCUT2D eigenvalue weighted by Crippen LogP contribution is 2.28. The molecule has 0 radical (unpaired) electrons. The highest BCUT2D eigenvalue weighted by atomic mass is 19.4. The van der Waals surface area contributed by atoms with Crippen molar-refractivity contribution in [1.82, 2.24) is 14.9 Å². The first kappa shape index (κ1) is 26.4. The molecule has 0 aliphatic carbocycles. The van der Waals surface area contributed by atoms with Gasteiger partial charge in [0.2, 0.25) is 5.88 Å². The lowest BCUT2D eigenvalue weighted by atomic mass is 9.97. The fourth-order valence-corrected chi connectivity index (χ4v) is 4.42. The van der Waals surface area contributed by atoms with Gasteiger partial charge in [-0.1, -0.05) is 55.0 Å². The number of piperidine rings is 1. The first-order valence-corrected chi connectivity index (χ1v) is 12.0. The summed E-state index contributed by atoms with van der Waals surface area (Å²) < 4.78 is 49.5. The van der Waals surface area contributed by atoms with Gasteiger partial charge in [-0.3, -0.25) is 9.69 Å². The molecule has 0 amide bonds. The predicted molar refractivity (Wildman–Crippen MR) is 130 cm³/mol. The van der Waals surface area contributed by atoms with Gasteiger partial charge in [-0.05, 0) is 48.6 Å². The lowest BCUT2D eigenvalue weighted by Crippen LogP contribution is -2.44. The summed E-state index contributed by atoms with van der Waals surface area (Å²) in [5.74, 6) is -1.24. The van der Waals surface area contributed by atoms with Gasteiger partial charge in [0, 0.05) is 18.3 Å². The lowest BCUT2D eigenvalue weighted by Gasteiger charge is -2.32. The van der Waals surface area contributed by atoms with Crippen LogP contribution in [0, 0.1) is 6.92 Å². The van der Waals surface area contributed by atoms with E-state index in [9.17, 15) is 23.1 Å². The SMILES string of the molecule is Cc1c(COc2ncc(CN3CCCCC3C(=O)O)c(OCC(F)(F)F)n2)cccc1-c1ccccc1. The molecule has 0 saturated carbocycles. The Morgan fingerprint density at radius 1 is 1.08 bits per heavy atom. The Kier molecular flexibility index (Phi) is 8.27. The average Bonchev–Trinajstić information content (AvgIpc) is 2.88. The van der Waals surface area contributed by atoms with E-state index >= 15 is 0 Å². The molecule has 196 valence electrons. The van der Waals surface area contributed by atoms with E-state index in [1.165, 1.54) is 6.20 Å². The maximum Gasteiger partial charge on any atom is 0.422 e. The zero-order chi connectivity index (χ0) is 26.4. The van der Waals surface area contributed by atoms with Gasteiger partial charge >= 0.3 is 18.2 Å². The van der Waals surface area contributed by atoms with Gasteiger partial charge in [-0.25, -0.2) is 4.98 Å². The Hall–Kier alpha value is -3.66. The van der Waals surface area contributed by atoms with E-state index in [1.807, 2.05) is 55.5 Å². The Balaban J connectivity index is 1.53. The number of rotatable bonds is 9. The summed E-state index contributed by atoms with van der Waals surface area (Å²) in [6, 6.07) is 14.8. The summed E-state index contributed by atoms with van der Waals surface area (Å²) in [5.41, 5.74) is 4.25. The van der Waals surface area contributed by atoms with E-state index in [2.05, 4.69) is 9.97 Å². The van der Waals surface area contributed by atoms with Gasteiger partial charge in [0.1, 0.15) is 12.6 Å². The van der Waals surface area contributed by atoms with E-state index < -0.39 is 24.8 Å². The van der Waals surface area contributed by atoms with Gasteiger partial charge in [-0.15, -0.1) is 0 Å². The van der Waals surface area contributed by atoms with Crippen LogP contribution in [0.15, 0.2) is 54.7 Å². The highest BCUT2D eigenvalue weighted by Gasteiger charge is 2.32. The molecule has 1 atom stereocenters. The number of aliphatic carboxylic acids is 1. The zero-order valence-electron chi connectivity index (χ0n) is 20.4. The monoisotopic (exact) mass is 515 g/mol. The molecule has 1 aliphatic heterocycles. The summed E-state index contributed by atoms with van der Waals surface area (Å²) >= 11 is 0. The molecule has 10 heteroatoms. The molecule has 1 unspecified atom stereocenters. The molecule has 3 aromatic rings. The van der Waals surface area contributed by atoms with Crippen LogP contribution in [0.1, 0.15) is 36.0 Å². The summed E-state index contributed by atoms with van der Waals surface area (Å²) in [4.78, 5) is 21.6. The normalized spacial score (nSPS) is 16.4. The van der Waals surface area contributed by atoms with Gasteiger partial charge in [0.25, 0.3) is 0 Å². The minimum absolute atomic E-state index is 0.0582. The minimum atomic E-state index is -4.56. The number of ether oxygens (including phenoxy) is 2. The van der Waals surface area contributed by atoms with Crippen LogP contribution in [-0.4, -0.2) is 51.3 Å². The van der Waals surface area contributed by atoms with E-state index in [0.29, 0.717) is 13.0 Å². The van der Waals surface area contributed by atoms with Gasteiger partial charge in [0.15, 0.2) is 6.61 Å². The maximum atomic E-state index is 12.9. The number of carbonyl (C=O) groups is 1. The van der Waals surface area contributed by atoms with Crippen LogP contribution in [0.3, 0.4) is 0 Å². The molecule has 2 aromatic carbocycles. The second kappa shape index (κ2) is 11.6. The Morgan fingerprint density at radius 2 is 1.86 bits per heavy atom. The number of alkyl halides is 3. The molecule has 1 N–H and O–H groups in total. The second-order valence-corrected chi connectivity index (χ2v) is 8.95. The number of halogens is 3. The molecular formula is C27H28F3N3O4. The Bertz CT molecular complexity index is 1220. The van der Waals surface area contributed by atoms with Crippen LogP contribution in [0.2, 0.25) is 0 Å². The number of carboxylic acids is 1. The van der Waals surface area contributed by atoms with Crippen molar-refractivity contribution in [1.29, 1.82) is 0 Å². The van der Waals surface area contributed by atoms with Gasteiger partial charge in [-0.2, -0.15) is 18.2 Å². The van der Waals surface area contributed by atoms with Crippen molar-refractivity contribution in [3.63, 3.8) is 0 Å². The van der Waals surface area contributed by atoms with Crippen LogP contribution in [0.25, 0.3) is 11.1 Å². The highest BCUT2D eigenvalue weighted by molar-refractivity contribution is 5.73. The standard InChI is InChI=1S/C27H28F3N3O4/c1-18-20(10-7-11-22(18)19-8-3-2-4-9-19)16-36-26-31-14-21(24(32-26)37-17-27(28,29)30)15-33-13-6-5-12-23(33)25(34)35/h2-4,7-11,14,23H,5-6,12-13,15-17H2,1H3,(H,34,35). The molecule has 0 bridgehead atoms. The molecular weight excluding hydrogens is 487 g/mol. The number of benzene rings is 2. The maximum absolute atomic E-state index is 12.9. The molecule has 1 saturated heterocycles. The first-order chi connectivity index (χ1) is 17.7. The Morgan fingerprint density at radius 3 is 2.59 bits per heavy atom. The van der Waals surface area contributed by atoms with Crippen molar-refractivity contribution in [2.75, 3.05) is 13.2 Å². The third-order valence-corrected chi connectivity index (χ3v) is 6.33. The van der Waals surface area contributed by atoms with Crippen LogP contribution >= 0.6 is 0 Å². The van der Waals surface area contributed by atoms with Crippen LogP contribution in [-0.2, 0) is 17.9 Å². The molecule has 1 fully saturated rings. The van der Waals surface area contributed by atoms with Crippen LogP contribution in [0.5, 0.6) is 11.9 Å². The smallest absolute Gasteiger partial charge is 0.422 e. The number of nitrogens with zero attached hydrogens (tertiary/aromatic N) is 3. The largest absolute Gasteiger partial charge is 0.480 e. The van der Waals surface area contributed by atoms with Crippen LogP contribution in [0.4, 0.5) is 13.2 Å². The van der Waals surface area contributed by atoms with E-state index in [1.54, 1.807) is 4.90 Å². The fourth-order valence-electron chi connectivity index (χ4n) is 4.42. The van der Waals surface area contributed by atoms with Crippen molar-refractivity contribution < 1.29 is 32.5 Å². The molecule has 2 heterocycles. The summed E-state index contributed by atoms with van der Waals surface area (Å²) in [7, 11) is 0. The Labute approximate surface area is 212 Å². The van der Waals surface area contributed by atoms with Gasteiger partial charge < -0.3 is 14.6 Å².